The lowest BCUT2D eigenvalue weighted by Gasteiger charge is -2.36. The molecule has 176 valence electrons. The molecule has 0 aliphatic carbocycles. The first kappa shape index (κ1) is 20.7. The summed E-state index contributed by atoms with van der Waals surface area (Å²) < 4.78 is 22.2. The monoisotopic (exact) mass is 462 g/mol. The number of ether oxygens (including phenoxy) is 4. The van der Waals surface area contributed by atoms with Gasteiger partial charge in [0.15, 0.2) is 34.6 Å². The van der Waals surface area contributed by atoms with Crippen LogP contribution in [0.15, 0.2) is 42.7 Å². The van der Waals surface area contributed by atoms with E-state index < -0.39 is 0 Å². The zero-order valence-corrected chi connectivity index (χ0v) is 18.7. The number of nitrogen functional groups attached to an aromatic ring is 1. The molecule has 6 rings (SSSR count). The third-order valence-electron chi connectivity index (χ3n) is 6.18. The van der Waals surface area contributed by atoms with E-state index in [1.807, 2.05) is 24.3 Å². The summed E-state index contributed by atoms with van der Waals surface area (Å²) in [6.45, 7) is 5.73. The van der Waals surface area contributed by atoms with Crippen LogP contribution in [-0.2, 0) is 6.54 Å². The zero-order valence-electron chi connectivity index (χ0n) is 18.7. The van der Waals surface area contributed by atoms with E-state index in [0.717, 1.165) is 61.5 Å². The van der Waals surface area contributed by atoms with E-state index >= 15 is 0 Å². The number of hydrogen-bond acceptors (Lipinski definition) is 10. The van der Waals surface area contributed by atoms with Crippen LogP contribution in [-0.4, -0.2) is 61.1 Å². The van der Waals surface area contributed by atoms with E-state index in [2.05, 4.69) is 37.2 Å². The zero-order chi connectivity index (χ0) is 22.9. The van der Waals surface area contributed by atoms with Gasteiger partial charge >= 0.3 is 0 Å². The number of piperazine rings is 1. The van der Waals surface area contributed by atoms with Gasteiger partial charge in [-0.2, -0.15) is 0 Å². The van der Waals surface area contributed by atoms with Crippen molar-refractivity contribution in [1.82, 2.24) is 14.9 Å². The van der Waals surface area contributed by atoms with Gasteiger partial charge in [0.25, 0.3) is 0 Å². The maximum absolute atomic E-state index is 6.49. The molecule has 1 saturated heterocycles. The fourth-order valence-corrected chi connectivity index (χ4v) is 4.41. The second kappa shape index (κ2) is 8.79. The van der Waals surface area contributed by atoms with Crippen LogP contribution in [0.2, 0.25) is 0 Å². The normalized spacial score (nSPS) is 17.0. The molecule has 3 aromatic rings. The Hall–Kier alpha value is -3.92. The Morgan fingerprint density at radius 3 is 2.44 bits per heavy atom. The number of nitrogens with two attached hydrogens (primary N) is 1. The highest BCUT2D eigenvalue weighted by Gasteiger charge is 2.22. The molecule has 3 aliphatic rings. The van der Waals surface area contributed by atoms with Crippen molar-refractivity contribution in [2.45, 2.75) is 6.54 Å². The van der Waals surface area contributed by atoms with Gasteiger partial charge < -0.3 is 34.9 Å². The summed E-state index contributed by atoms with van der Waals surface area (Å²) in [5, 5.41) is 3.29. The van der Waals surface area contributed by atoms with Gasteiger partial charge in [-0.25, -0.2) is 9.97 Å². The van der Waals surface area contributed by atoms with E-state index in [4.69, 9.17) is 24.7 Å². The molecule has 0 unspecified atom stereocenters. The van der Waals surface area contributed by atoms with Crippen LogP contribution >= 0.6 is 0 Å². The molecule has 0 amide bonds. The minimum absolute atomic E-state index is 0.295. The van der Waals surface area contributed by atoms with Crippen LogP contribution in [0.25, 0.3) is 0 Å². The topological polar surface area (TPSA) is 107 Å². The molecule has 1 fully saturated rings. The van der Waals surface area contributed by atoms with Gasteiger partial charge in [-0.15, -0.1) is 0 Å². The van der Waals surface area contributed by atoms with Crippen molar-refractivity contribution in [1.29, 1.82) is 0 Å². The second-order valence-corrected chi connectivity index (χ2v) is 8.39. The minimum atomic E-state index is 0.295. The van der Waals surface area contributed by atoms with E-state index in [1.165, 1.54) is 5.56 Å². The van der Waals surface area contributed by atoms with Crippen molar-refractivity contribution in [2.75, 3.05) is 62.1 Å². The molecule has 3 aliphatic heterocycles. The highest BCUT2D eigenvalue weighted by Crippen LogP contribution is 2.36. The lowest BCUT2D eigenvalue weighted by Crippen LogP contribution is -2.46. The summed E-state index contributed by atoms with van der Waals surface area (Å²) in [5.74, 6) is 4.41. The van der Waals surface area contributed by atoms with Crippen LogP contribution < -0.4 is 34.9 Å². The quantitative estimate of drug-likeness (QED) is 0.588. The van der Waals surface area contributed by atoms with Crippen molar-refractivity contribution in [2.24, 2.45) is 0 Å². The molecule has 10 nitrogen and oxygen atoms in total. The number of anilines is 4. The molecule has 0 spiro atoms. The lowest BCUT2D eigenvalue weighted by molar-refractivity contribution is 0.171. The number of benzene rings is 2. The van der Waals surface area contributed by atoms with E-state index in [-0.39, 0.29) is 0 Å². The third-order valence-corrected chi connectivity index (χ3v) is 6.18. The molecule has 2 aromatic carbocycles. The van der Waals surface area contributed by atoms with Crippen molar-refractivity contribution in [3.8, 4) is 23.0 Å². The van der Waals surface area contributed by atoms with Crippen LogP contribution in [0, 0.1) is 0 Å². The molecule has 0 radical (unpaired) electrons. The smallest absolute Gasteiger partial charge is 0.231 e. The van der Waals surface area contributed by atoms with Crippen LogP contribution in [0.1, 0.15) is 5.56 Å². The van der Waals surface area contributed by atoms with Crippen molar-refractivity contribution >= 4 is 23.0 Å². The van der Waals surface area contributed by atoms with E-state index in [1.54, 1.807) is 6.33 Å². The minimum Gasteiger partial charge on any atom is -0.486 e. The maximum atomic E-state index is 6.49. The van der Waals surface area contributed by atoms with Crippen molar-refractivity contribution in [3.63, 3.8) is 0 Å². The first-order valence-electron chi connectivity index (χ1n) is 11.4. The fraction of sp³-hybridized carbons (Fsp3) is 0.333. The Morgan fingerprint density at radius 2 is 1.56 bits per heavy atom. The molecule has 0 saturated carbocycles. The molecular formula is C24H26N6O4. The summed E-state index contributed by atoms with van der Waals surface area (Å²) in [6, 6.07) is 11.8. The summed E-state index contributed by atoms with van der Waals surface area (Å²) in [4.78, 5) is 13.5. The van der Waals surface area contributed by atoms with E-state index in [9.17, 15) is 0 Å². The average molecular weight is 463 g/mol. The second-order valence-electron chi connectivity index (χ2n) is 8.39. The highest BCUT2D eigenvalue weighted by atomic mass is 16.7. The third kappa shape index (κ3) is 4.08. The van der Waals surface area contributed by atoms with Gasteiger partial charge in [0, 0.05) is 44.5 Å². The van der Waals surface area contributed by atoms with Crippen molar-refractivity contribution in [3.05, 3.63) is 48.3 Å². The Labute approximate surface area is 197 Å². The Bertz CT molecular complexity index is 1200. The number of rotatable bonds is 5. The molecule has 0 atom stereocenters. The summed E-state index contributed by atoms with van der Waals surface area (Å²) >= 11 is 0. The summed E-state index contributed by atoms with van der Waals surface area (Å²) in [7, 11) is 0. The number of nitrogens with zero attached hydrogens (tertiary/aromatic N) is 4. The Morgan fingerprint density at radius 1 is 0.824 bits per heavy atom. The van der Waals surface area contributed by atoms with Gasteiger partial charge in [-0.1, -0.05) is 6.07 Å². The van der Waals surface area contributed by atoms with Gasteiger partial charge in [-0.05, 0) is 29.8 Å². The fourth-order valence-electron chi connectivity index (χ4n) is 4.41. The standard InChI is InChI=1S/C24H26N6O4/c25-22-23(28-17-2-4-18-21(12-17)32-10-9-31-18)26-14-27-24(22)30-7-5-29(6-8-30)13-16-1-3-19-20(11-16)34-15-33-19/h1-4,11-12,14H,5-10,13,15,25H2,(H,26,27,28). The Kier molecular flexibility index (Phi) is 5.34. The lowest BCUT2D eigenvalue weighted by atomic mass is 10.1. The summed E-state index contributed by atoms with van der Waals surface area (Å²) in [5.41, 5.74) is 9.06. The molecule has 34 heavy (non-hydrogen) atoms. The highest BCUT2D eigenvalue weighted by molar-refractivity contribution is 5.78. The first-order valence-corrected chi connectivity index (χ1v) is 11.4. The van der Waals surface area contributed by atoms with Crippen LogP contribution in [0.5, 0.6) is 23.0 Å². The molecular weight excluding hydrogens is 436 g/mol. The molecule has 4 heterocycles. The molecule has 10 heteroatoms. The van der Waals surface area contributed by atoms with E-state index in [0.29, 0.717) is 37.3 Å². The number of aromatic nitrogens is 2. The van der Waals surface area contributed by atoms with Gasteiger partial charge in [0.2, 0.25) is 6.79 Å². The van der Waals surface area contributed by atoms with Gasteiger partial charge in [-0.3, -0.25) is 4.90 Å². The van der Waals surface area contributed by atoms with Crippen molar-refractivity contribution < 1.29 is 18.9 Å². The largest absolute Gasteiger partial charge is 0.486 e. The number of fused-ring (bicyclic) bond motifs is 2. The first-order chi connectivity index (χ1) is 16.7. The predicted molar refractivity (Wildman–Crippen MR) is 127 cm³/mol. The van der Waals surface area contributed by atoms with Gasteiger partial charge in [0.05, 0.1) is 0 Å². The maximum Gasteiger partial charge on any atom is 0.231 e. The molecule has 1 aromatic heterocycles. The average Bonchev–Trinajstić information content (AvgIpc) is 3.34. The van der Waals surface area contributed by atoms with Crippen LogP contribution in [0.4, 0.5) is 23.0 Å². The van der Waals surface area contributed by atoms with Crippen LogP contribution in [0.3, 0.4) is 0 Å². The molecule has 3 N–H and O–H groups in total. The summed E-state index contributed by atoms with van der Waals surface area (Å²) in [6.07, 6.45) is 1.55. The molecule has 0 bridgehead atoms. The predicted octanol–water partition coefficient (Wildman–Crippen LogP) is 2.62. The number of hydrogen-bond donors (Lipinski definition) is 2. The Balaban J connectivity index is 1.11. The number of nitrogens with one attached hydrogen (secondary N) is 1. The SMILES string of the molecule is Nc1c(Nc2ccc3c(c2)OCCO3)ncnc1N1CCN(Cc2ccc3c(c2)OCO3)CC1. The van der Waals surface area contributed by atoms with Gasteiger partial charge in [0.1, 0.15) is 25.2 Å².